The number of likely N-dealkylation sites (tertiary alicyclic amines) is 1. The van der Waals surface area contributed by atoms with Gasteiger partial charge in [0, 0.05) is 24.7 Å². The van der Waals surface area contributed by atoms with E-state index in [1.807, 2.05) is 37.8 Å². The molecule has 2 aliphatic rings. The molecule has 6 heteroatoms. The minimum atomic E-state index is -0.0505. The second-order valence-electron chi connectivity index (χ2n) is 9.37. The van der Waals surface area contributed by atoms with Crippen LogP contribution in [0.4, 0.5) is 10.5 Å². The van der Waals surface area contributed by atoms with Gasteiger partial charge in [0.05, 0.1) is 25.5 Å². The molecule has 1 aliphatic carbocycles. The lowest BCUT2D eigenvalue weighted by atomic mass is 9.65. The minimum absolute atomic E-state index is 0.0505. The fraction of sp³-hybridized carbons (Fsp3) is 0.696. The molecule has 1 aromatic carbocycles. The van der Waals surface area contributed by atoms with Crippen LogP contribution in [0.25, 0.3) is 0 Å². The minimum Gasteiger partial charge on any atom is -0.490 e. The highest BCUT2D eigenvalue weighted by Crippen LogP contribution is 2.52. The first kappa shape index (κ1) is 21.6. The molecule has 2 unspecified atom stereocenters. The summed E-state index contributed by atoms with van der Waals surface area (Å²) in [7, 11) is 0. The van der Waals surface area contributed by atoms with E-state index in [9.17, 15) is 4.79 Å². The van der Waals surface area contributed by atoms with Crippen LogP contribution in [0, 0.1) is 10.8 Å². The van der Waals surface area contributed by atoms with Crippen LogP contribution in [0.5, 0.6) is 17.2 Å². The summed E-state index contributed by atoms with van der Waals surface area (Å²) in [6.07, 6.45) is 3.29. The fourth-order valence-corrected chi connectivity index (χ4v) is 5.35. The lowest BCUT2D eigenvalue weighted by Gasteiger charge is -2.39. The number of benzene rings is 1. The molecule has 3 rings (SSSR count). The third-order valence-electron chi connectivity index (χ3n) is 5.84. The van der Waals surface area contributed by atoms with Crippen molar-refractivity contribution in [3.05, 3.63) is 12.1 Å². The zero-order valence-corrected chi connectivity index (χ0v) is 18.8. The molecule has 1 saturated carbocycles. The number of amides is 2. The number of nitrogens with zero attached hydrogens (tertiary/aromatic N) is 1. The first-order valence-corrected chi connectivity index (χ1v) is 10.8. The van der Waals surface area contributed by atoms with Gasteiger partial charge in [-0.05, 0) is 50.9 Å². The van der Waals surface area contributed by atoms with Crippen molar-refractivity contribution >= 4 is 11.7 Å². The monoisotopic (exact) mass is 404 g/mol. The van der Waals surface area contributed by atoms with E-state index in [2.05, 4.69) is 26.1 Å². The summed E-state index contributed by atoms with van der Waals surface area (Å²) >= 11 is 0. The van der Waals surface area contributed by atoms with Crippen molar-refractivity contribution in [3.8, 4) is 17.2 Å². The van der Waals surface area contributed by atoms with Gasteiger partial charge >= 0.3 is 6.03 Å². The van der Waals surface area contributed by atoms with Crippen LogP contribution in [0.2, 0.25) is 0 Å². The highest BCUT2D eigenvalue weighted by molar-refractivity contribution is 5.90. The number of carbonyl (C=O) groups excluding carboxylic acids is 1. The molecule has 1 aromatic rings. The maximum Gasteiger partial charge on any atom is 0.322 e. The van der Waals surface area contributed by atoms with Gasteiger partial charge in [0.15, 0.2) is 11.5 Å². The van der Waals surface area contributed by atoms with Gasteiger partial charge in [0.25, 0.3) is 0 Å². The Morgan fingerprint density at radius 1 is 1.03 bits per heavy atom. The molecule has 162 valence electrons. The predicted molar refractivity (Wildman–Crippen MR) is 115 cm³/mol. The van der Waals surface area contributed by atoms with Crippen LogP contribution in [0.1, 0.15) is 60.8 Å². The molecule has 1 saturated heterocycles. The molecule has 6 nitrogen and oxygen atoms in total. The number of carbonyl (C=O) groups is 1. The molecule has 0 spiro atoms. The lowest BCUT2D eigenvalue weighted by molar-refractivity contribution is 0.130. The number of fused-ring (bicyclic) bond motifs is 2. The average Bonchev–Trinajstić information content (AvgIpc) is 2.87. The maximum absolute atomic E-state index is 13.2. The van der Waals surface area contributed by atoms with Crippen LogP contribution in [0.15, 0.2) is 12.1 Å². The molecule has 1 N–H and O–H groups in total. The third kappa shape index (κ3) is 4.73. The molecule has 0 radical (unpaired) electrons. The Bertz CT molecular complexity index is 721. The molecule has 1 aliphatic heterocycles. The number of anilines is 1. The molecule has 29 heavy (non-hydrogen) atoms. The van der Waals surface area contributed by atoms with Crippen molar-refractivity contribution in [3.63, 3.8) is 0 Å². The van der Waals surface area contributed by atoms with Crippen molar-refractivity contribution in [1.29, 1.82) is 0 Å². The van der Waals surface area contributed by atoms with E-state index >= 15 is 0 Å². The third-order valence-corrected chi connectivity index (χ3v) is 5.84. The second kappa shape index (κ2) is 8.33. The number of rotatable bonds is 7. The number of nitrogens with one attached hydrogen (secondary N) is 1. The predicted octanol–water partition coefficient (Wildman–Crippen LogP) is 5.32. The molecule has 1 heterocycles. The van der Waals surface area contributed by atoms with Crippen LogP contribution < -0.4 is 19.5 Å². The molecule has 2 amide bonds. The zero-order chi connectivity index (χ0) is 21.2. The normalized spacial score (nSPS) is 24.9. The van der Waals surface area contributed by atoms with Crippen LogP contribution in [-0.2, 0) is 0 Å². The summed E-state index contributed by atoms with van der Waals surface area (Å²) in [5.41, 5.74) is 1.14. The maximum atomic E-state index is 13.2. The van der Waals surface area contributed by atoms with Crippen molar-refractivity contribution in [1.82, 2.24) is 4.90 Å². The topological polar surface area (TPSA) is 60.0 Å². The number of ether oxygens (including phenoxy) is 3. The molecule has 0 aromatic heterocycles. The van der Waals surface area contributed by atoms with Gasteiger partial charge in [-0.1, -0.05) is 20.8 Å². The summed E-state index contributed by atoms with van der Waals surface area (Å²) < 4.78 is 17.3. The highest BCUT2D eigenvalue weighted by Gasteiger charge is 2.51. The van der Waals surface area contributed by atoms with Gasteiger partial charge < -0.3 is 24.4 Å². The van der Waals surface area contributed by atoms with Crippen molar-refractivity contribution in [2.75, 3.05) is 31.7 Å². The summed E-state index contributed by atoms with van der Waals surface area (Å²) in [5, 5.41) is 3.08. The Morgan fingerprint density at radius 2 is 1.62 bits per heavy atom. The molecule has 2 bridgehead atoms. The molecule has 2 fully saturated rings. The fourth-order valence-electron chi connectivity index (χ4n) is 5.35. The van der Waals surface area contributed by atoms with Crippen molar-refractivity contribution in [2.45, 2.75) is 66.8 Å². The first-order chi connectivity index (χ1) is 13.7. The summed E-state index contributed by atoms with van der Waals surface area (Å²) in [6, 6.07) is 3.89. The van der Waals surface area contributed by atoms with Gasteiger partial charge in [-0.25, -0.2) is 4.79 Å². The lowest BCUT2D eigenvalue weighted by Crippen LogP contribution is -2.40. The van der Waals surface area contributed by atoms with Crippen LogP contribution in [-0.4, -0.2) is 43.3 Å². The number of hydrogen-bond donors (Lipinski definition) is 1. The van der Waals surface area contributed by atoms with E-state index in [0.29, 0.717) is 48.8 Å². The van der Waals surface area contributed by atoms with E-state index in [0.717, 1.165) is 25.8 Å². The smallest absolute Gasteiger partial charge is 0.322 e. The Balaban J connectivity index is 1.83. The standard InChI is InChI=1S/C23H36N2O4/c1-7-27-18-10-16(11-19(28-8-2)20(18)29-9-3)24-21(26)25-15-23(6)13-17(25)12-22(4,5)14-23/h10-11,17H,7-9,12-15H2,1-6H3,(H,24,26). The largest absolute Gasteiger partial charge is 0.490 e. The van der Waals surface area contributed by atoms with E-state index < -0.39 is 0 Å². The quantitative estimate of drug-likeness (QED) is 0.668. The Labute approximate surface area is 174 Å². The van der Waals surface area contributed by atoms with Gasteiger partial charge in [0.1, 0.15) is 0 Å². The zero-order valence-electron chi connectivity index (χ0n) is 18.8. The average molecular weight is 405 g/mol. The molecular formula is C23H36N2O4. The SMILES string of the molecule is CCOc1cc(NC(=O)N2CC3(C)CC2CC(C)(C)C3)cc(OCC)c1OCC. The van der Waals surface area contributed by atoms with Crippen molar-refractivity contribution in [2.24, 2.45) is 10.8 Å². The van der Waals surface area contributed by atoms with E-state index in [-0.39, 0.29) is 16.9 Å². The first-order valence-electron chi connectivity index (χ1n) is 10.8. The number of hydrogen-bond acceptors (Lipinski definition) is 4. The summed E-state index contributed by atoms with van der Waals surface area (Å²) in [6.45, 7) is 15.0. The van der Waals surface area contributed by atoms with Gasteiger partial charge in [-0.2, -0.15) is 0 Å². The second-order valence-corrected chi connectivity index (χ2v) is 9.37. The Hall–Kier alpha value is -2.11. The number of urea groups is 1. The summed E-state index contributed by atoms with van der Waals surface area (Å²) in [4.78, 5) is 15.2. The van der Waals surface area contributed by atoms with Gasteiger partial charge in [-0.15, -0.1) is 0 Å². The van der Waals surface area contributed by atoms with Crippen LogP contribution >= 0.6 is 0 Å². The Morgan fingerprint density at radius 3 is 2.17 bits per heavy atom. The van der Waals surface area contributed by atoms with E-state index in [1.165, 1.54) is 0 Å². The van der Waals surface area contributed by atoms with Gasteiger partial charge in [0.2, 0.25) is 5.75 Å². The molecular weight excluding hydrogens is 368 g/mol. The Kier molecular flexibility index (Phi) is 6.20. The van der Waals surface area contributed by atoms with E-state index in [4.69, 9.17) is 14.2 Å². The van der Waals surface area contributed by atoms with Crippen molar-refractivity contribution < 1.29 is 19.0 Å². The highest BCUT2D eigenvalue weighted by atomic mass is 16.5. The van der Waals surface area contributed by atoms with E-state index in [1.54, 1.807) is 0 Å². The van der Waals surface area contributed by atoms with Crippen LogP contribution in [0.3, 0.4) is 0 Å². The molecule has 2 atom stereocenters. The van der Waals surface area contributed by atoms with Gasteiger partial charge in [-0.3, -0.25) is 0 Å². The summed E-state index contributed by atoms with van der Waals surface area (Å²) in [5.74, 6) is 1.76.